The summed E-state index contributed by atoms with van der Waals surface area (Å²) < 4.78 is 18.3. The monoisotopic (exact) mass is 376 g/mol. The Balaban J connectivity index is 2.50. The number of rotatable bonds is 6. The highest BCUT2D eigenvalue weighted by Gasteiger charge is 2.25. The number of ether oxygens (including phenoxy) is 1. The maximum Gasteiger partial charge on any atom is 0.341 e. The molecule has 0 saturated heterocycles. The lowest BCUT2D eigenvalue weighted by Crippen LogP contribution is -2.20. The van der Waals surface area contributed by atoms with Crippen molar-refractivity contribution in [3.05, 3.63) is 52.7 Å². The van der Waals surface area contributed by atoms with Crippen molar-refractivity contribution < 1.29 is 28.6 Å². The van der Waals surface area contributed by atoms with Gasteiger partial charge in [-0.3, -0.25) is 4.79 Å². The number of halogens is 1. The van der Waals surface area contributed by atoms with E-state index in [1.54, 1.807) is 13.8 Å². The Morgan fingerprint density at radius 2 is 1.88 bits per heavy atom. The molecule has 1 amide bonds. The van der Waals surface area contributed by atoms with Gasteiger partial charge in [-0.15, -0.1) is 11.3 Å². The van der Waals surface area contributed by atoms with Gasteiger partial charge in [0, 0.05) is 16.5 Å². The number of carboxylic acid groups (broad SMARTS) is 1. The lowest BCUT2D eigenvalue weighted by atomic mass is 10.0. The van der Waals surface area contributed by atoms with Crippen molar-refractivity contribution in [3.8, 4) is 11.1 Å². The molecule has 136 valence electrons. The molecule has 6 nitrogen and oxygen atoms in total. The third-order valence-electron chi connectivity index (χ3n) is 3.30. The average molecular weight is 376 g/mol. The summed E-state index contributed by atoms with van der Waals surface area (Å²) in [5, 5.41) is 13.1. The summed E-state index contributed by atoms with van der Waals surface area (Å²) in [6.07, 6.45) is 1.37. The molecule has 2 aromatic rings. The Hall–Kier alpha value is -3.00. The maximum absolute atomic E-state index is 13.2. The van der Waals surface area contributed by atoms with Crippen LogP contribution < -0.4 is 10.4 Å². The molecule has 8 heteroatoms. The lowest BCUT2D eigenvalue weighted by molar-refractivity contribution is -0.297. The summed E-state index contributed by atoms with van der Waals surface area (Å²) in [7, 11) is 0. The maximum atomic E-state index is 13.2. The molecule has 1 N–H and O–H groups in total. The third kappa shape index (κ3) is 4.54. The van der Waals surface area contributed by atoms with Crippen molar-refractivity contribution in [2.24, 2.45) is 0 Å². The van der Waals surface area contributed by atoms with Crippen LogP contribution in [-0.2, 0) is 14.3 Å². The minimum atomic E-state index is -1.51. The Morgan fingerprint density at radius 1 is 1.23 bits per heavy atom. The number of aryl methyl sites for hydroxylation is 1. The van der Waals surface area contributed by atoms with Gasteiger partial charge in [-0.2, -0.15) is 0 Å². The van der Waals surface area contributed by atoms with E-state index < -0.39 is 23.7 Å². The van der Waals surface area contributed by atoms with Crippen LogP contribution in [0.5, 0.6) is 0 Å². The van der Waals surface area contributed by atoms with Crippen LogP contribution >= 0.6 is 11.3 Å². The topological polar surface area (TPSA) is 95.5 Å². The van der Waals surface area contributed by atoms with Gasteiger partial charge in [0.1, 0.15) is 16.4 Å². The molecule has 0 unspecified atom stereocenters. The normalized spacial score (nSPS) is 10.7. The van der Waals surface area contributed by atoms with Crippen LogP contribution in [0.3, 0.4) is 0 Å². The molecule has 1 aromatic heterocycles. The van der Waals surface area contributed by atoms with E-state index in [4.69, 9.17) is 4.74 Å². The quantitative estimate of drug-likeness (QED) is 0.616. The predicted molar refractivity (Wildman–Crippen MR) is 93.2 cm³/mol. The second-order valence-corrected chi connectivity index (χ2v) is 6.33. The number of amides is 1. The Labute approximate surface area is 152 Å². The fraction of sp³-hybridized carbons (Fsp3) is 0.167. The third-order valence-corrected chi connectivity index (χ3v) is 4.32. The van der Waals surface area contributed by atoms with E-state index in [1.807, 2.05) is 0 Å². The van der Waals surface area contributed by atoms with Gasteiger partial charge < -0.3 is 20.0 Å². The lowest BCUT2D eigenvalue weighted by Gasteiger charge is -2.08. The highest BCUT2D eigenvalue weighted by Crippen LogP contribution is 2.40. The predicted octanol–water partition coefficient (Wildman–Crippen LogP) is 2.28. The average Bonchev–Trinajstić information content (AvgIpc) is 2.90. The number of esters is 1. The van der Waals surface area contributed by atoms with Gasteiger partial charge in [0.05, 0.1) is 12.6 Å². The largest absolute Gasteiger partial charge is 0.545 e. The Morgan fingerprint density at radius 3 is 2.46 bits per heavy atom. The number of anilines is 1. The SMILES string of the molecule is CCOC(=O)c1c(NC(=O)/C=C/C(=O)[O-])sc(C)c1-c1ccc(F)cc1. The van der Waals surface area contributed by atoms with Gasteiger partial charge in [0.25, 0.3) is 0 Å². The van der Waals surface area contributed by atoms with E-state index in [-0.39, 0.29) is 17.2 Å². The van der Waals surface area contributed by atoms with E-state index in [0.717, 1.165) is 17.4 Å². The molecule has 0 atom stereocenters. The number of benzene rings is 1. The summed E-state index contributed by atoms with van der Waals surface area (Å²) in [6.45, 7) is 3.53. The van der Waals surface area contributed by atoms with Crippen molar-refractivity contribution in [2.75, 3.05) is 11.9 Å². The minimum absolute atomic E-state index is 0.133. The van der Waals surface area contributed by atoms with Crippen LogP contribution in [0.15, 0.2) is 36.4 Å². The van der Waals surface area contributed by atoms with Crippen molar-refractivity contribution in [3.63, 3.8) is 0 Å². The molecule has 26 heavy (non-hydrogen) atoms. The smallest absolute Gasteiger partial charge is 0.341 e. The second-order valence-electron chi connectivity index (χ2n) is 5.11. The molecule has 0 aliphatic rings. The first kappa shape index (κ1) is 19.3. The highest BCUT2D eigenvalue weighted by atomic mass is 32.1. The number of carbonyl (C=O) groups excluding carboxylic acids is 3. The standard InChI is InChI=1S/C18H16FNO5S/c1-3-25-18(24)16-15(11-4-6-12(19)7-5-11)10(2)26-17(16)20-13(21)8-9-14(22)23/h4-9H,3H2,1-2H3,(H,20,21)(H,22,23)/p-1/b9-8+. The number of aliphatic carboxylic acids is 1. The molecule has 0 bridgehead atoms. The number of nitrogens with one attached hydrogen (secondary N) is 1. The molecule has 0 fully saturated rings. The van der Waals surface area contributed by atoms with Gasteiger partial charge in [0.2, 0.25) is 5.91 Å². The first-order valence-corrected chi connectivity index (χ1v) is 8.41. The van der Waals surface area contributed by atoms with Crippen molar-refractivity contribution in [1.82, 2.24) is 0 Å². The summed E-state index contributed by atoms with van der Waals surface area (Å²) >= 11 is 1.13. The molecule has 0 radical (unpaired) electrons. The summed E-state index contributed by atoms with van der Waals surface area (Å²) in [4.78, 5) is 35.4. The van der Waals surface area contributed by atoms with Gasteiger partial charge in [0.15, 0.2) is 0 Å². The van der Waals surface area contributed by atoms with Crippen LogP contribution in [0.25, 0.3) is 11.1 Å². The molecule has 0 saturated carbocycles. The van der Waals surface area contributed by atoms with Crippen molar-refractivity contribution in [2.45, 2.75) is 13.8 Å². The molecule has 0 spiro atoms. The summed E-state index contributed by atoms with van der Waals surface area (Å²) in [6, 6.07) is 5.58. The zero-order chi connectivity index (χ0) is 19.3. The first-order chi connectivity index (χ1) is 12.3. The van der Waals surface area contributed by atoms with Gasteiger partial charge in [-0.25, -0.2) is 9.18 Å². The molecule has 2 rings (SSSR count). The van der Waals surface area contributed by atoms with Crippen molar-refractivity contribution >= 4 is 34.2 Å². The number of carbonyl (C=O) groups is 3. The summed E-state index contributed by atoms with van der Waals surface area (Å²) in [5.74, 6) is -3.30. The molecular weight excluding hydrogens is 361 g/mol. The Kier molecular flexibility index (Phi) is 6.24. The first-order valence-electron chi connectivity index (χ1n) is 7.60. The molecular formula is C18H15FNO5S-. The van der Waals surface area contributed by atoms with Gasteiger partial charge in [-0.05, 0) is 37.6 Å². The highest BCUT2D eigenvalue weighted by molar-refractivity contribution is 7.17. The number of hydrogen-bond donors (Lipinski definition) is 1. The number of hydrogen-bond acceptors (Lipinski definition) is 6. The van der Waals surface area contributed by atoms with Crippen LogP contribution in [0.1, 0.15) is 22.2 Å². The van der Waals surface area contributed by atoms with E-state index in [2.05, 4.69) is 5.32 Å². The van der Waals surface area contributed by atoms with Crippen LogP contribution in [-0.4, -0.2) is 24.5 Å². The minimum Gasteiger partial charge on any atom is -0.545 e. The van der Waals surface area contributed by atoms with Crippen LogP contribution in [0.4, 0.5) is 9.39 Å². The van der Waals surface area contributed by atoms with E-state index in [1.165, 1.54) is 24.3 Å². The fourth-order valence-corrected chi connectivity index (χ4v) is 3.36. The van der Waals surface area contributed by atoms with Crippen LogP contribution in [0.2, 0.25) is 0 Å². The molecule has 0 aliphatic carbocycles. The van der Waals surface area contributed by atoms with E-state index in [9.17, 15) is 23.9 Å². The van der Waals surface area contributed by atoms with Gasteiger partial charge in [-0.1, -0.05) is 12.1 Å². The molecule has 0 aliphatic heterocycles. The van der Waals surface area contributed by atoms with Crippen LogP contribution in [0, 0.1) is 12.7 Å². The number of thiophene rings is 1. The van der Waals surface area contributed by atoms with E-state index >= 15 is 0 Å². The number of carboxylic acids is 1. The molecule has 1 aromatic carbocycles. The Bertz CT molecular complexity index is 870. The van der Waals surface area contributed by atoms with Crippen molar-refractivity contribution in [1.29, 1.82) is 0 Å². The molecule has 1 heterocycles. The second kappa shape index (κ2) is 8.39. The zero-order valence-electron chi connectivity index (χ0n) is 14.0. The van der Waals surface area contributed by atoms with Gasteiger partial charge >= 0.3 is 5.97 Å². The zero-order valence-corrected chi connectivity index (χ0v) is 14.8. The van der Waals surface area contributed by atoms with E-state index in [0.29, 0.717) is 22.1 Å². The fourth-order valence-electron chi connectivity index (χ4n) is 2.29. The summed E-state index contributed by atoms with van der Waals surface area (Å²) in [5.41, 5.74) is 1.25.